The monoisotopic (exact) mass is 430 g/mol. The predicted octanol–water partition coefficient (Wildman–Crippen LogP) is 3.37. The lowest BCUT2D eigenvalue weighted by Gasteiger charge is -2.29. The third kappa shape index (κ3) is 4.95. The Labute approximate surface area is 179 Å². The van der Waals surface area contributed by atoms with E-state index in [1.807, 2.05) is 18.2 Å². The van der Waals surface area contributed by atoms with Gasteiger partial charge in [0.15, 0.2) is 9.84 Å². The van der Waals surface area contributed by atoms with E-state index in [1.54, 1.807) is 23.1 Å². The Morgan fingerprint density at radius 3 is 2.30 bits per heavy atom. The number of nitrogens with zero attached hydrogens (tertiary/aromatic N) is 2. The van der Waals surface area contributed by atoms with Crippen LogP contribution in [0, 0.1) is 0 Å². The standard InChI is InChI=1S/C23H30N2O4S/c1-4-24(5-2)19-12-10-18(11-13-19)16-25(20-14-15-30(27,28)17-20)23(26)21-8-6-7-9-22(21)29-3/h6-13,20H,4-5,14-17H2,1-3H3/t20-/m0/s1. The molecule has 6 nitrogen and oxygen atoms in total. The maximum absolute atomic E-state index is 13.4. The summed E-state index contributed by atoms with van der Waals surface area (Å²) in [6.45, 7) is 6.44. The molecule has 162 valence electrons. The van der Waals surface area contributed by atoms with E-state index in [0.717, 1.165) is 24.3 Å². The Morgan fingerprint density at radius 1 is 1.07 bits per heavy atom. The molecule has 1 amide bonds. The number of para-hydroxylation sites is 1. The van der Waals surface area contributed by atoms with Crippen molar-refractivity contribution in [2.45, 2.75) is 32.9 Å². The molecule has 0 aromatic heterocycles. The Bertz CT molecular complexity index is 969. The van der Waals surface area contributed by atoms with Crippen molar-refractivity contribution in [2.24, 2.45) is 0 Å². The number of rotatable bonds is 8. The van der Waals surface area contributed by atoms with Gasteiger partial charge in [0.25, 0.3) is 5.91 Å². The maximum Gasteiger partial charge on any atom is 0.258 e. The van der Waals surface area contributed by atoms with Crippen molar-refractivity contribution in [1.82, 2.24) is 4.90 Å². The highest BCUT2D eigenvalue weighted by Gasteiger charge is 2.35. The second-order valence-corrected chi connectivity index (χ2v) is 9.76. The molecule has 0 aliphatic carbocycles. The fourth-order valence-electron chi connectivity index (χ4n) is 3.96. The first-order valence-corrected chi connectivity index (χ1v) is 12.2. The fraction of sp³-hybridized carbons (Fsp3) is 0.435. The molecule has 0 unspecified atom stereocenters. The predicted molar refractivity (Wildman–Crippen MR) is 120 cm³/mol. The van der Waals surface area contributed by atoms with Crippen molar-refractivity contribution in [3.05, 3.63) is 59.7 Å². The van der Waals surface area contributed by atoms with Crippen LogP contribution in [0.2, 0.25) is 0 Å². The van der Waals surface area contributed by atoms with Gasteiger partial charge in [0.2, 0.25) is 0 Å². The minimum absolute atomic E-state index is 0.00538. The first kappa shape index (κ1) is 22.2. The van der Waals surface area contributed by atoms with E-state index >= 15 is 0 Å². The van der Waals surface area contributed by atoms with Crippen LogP contribution in [-0.4, -0.2) is 57.0 Å². The van der Waals surface area contributed by atoms with Gasteiger partial charge in [-0.25, -0.2) is 8.42 Å². The zero-order valence-corrected chi connectivity index (χ0v) is 18.7. The van der Waals surface area contributed by atoms with Crippen molar-refractivity contribution in [3.63, 3.8) is 0 Å². The highest BCUT2D eigenvalue weighted by atomic mass is 32.2. The quantitative estimate of drug-likeness (QED) is 0.642. The molecular weight excluding hydrogens is 400 g/mol. The highest BCUT2D eigenvalue weighted by molar-refractivity contribution is 7.91. The minimum Gasteiger partial charge on any atom is -0.496 e. The molecule has 0 N–H and O–H groups in total. The van der Waals surface area contributed by atoms with Crippen LogP contribution in [-0.2, 0) is 16.4 Å². The zero-order valence-electron chi connectivity index (χ0n) is 17.9. The number of sulfone groups is 1. The topological polar surface area (TPSA) is 66.9 Å². The molecule has 1 atom stereocenters. The molecule has 0 bridgehead atoms. The van der Waals surface area contributed by atoms with E-state index in [4.69, 9.17) is 4.74 Å². The smallest absolute Gasteiger partial charge is 0.258 e. The molecule has 1 aliphatic heterocycles. The van der Waals surface area contributed by atoms with Gasteiger partial charge in [-0.3, -0.25) is 4.79 Å². The van der Waals surface area contributed by atoms with Crippen LogP contribution in [0.15, 0.2) is 48.5 Å². The summed E-state index contributed by atoms with van der Waals surface area (Å²) in [7, 11) is -1.59. The van der Waals surface area contributed by atoms with Crippen LogP contribution in [0.3, 0.4) is 0 Å². The van der Waals surface area contributed by atoms with E-state index in [2.05, 4.69) is 30.9 Å². The third-order valence-electron chi connectivity index (χ3n) is 5.67. The number of hydrogen-bond donors (Lipinski definition) is 0. The van der Waals surface area contributed by atoms with Gasteiger partial charge in [0, 0.05) is 31.4 Å². The van der Waals surface area contributed by atoms with Crippen LogP contribution in [0.4, 0.5) is 5.69 Å². The third-order valence-corrected chi connectivity index (χ3v) is 7.42. The summed E-state index contributed by atoms with van der Waals surface area (Å²) < 4.78 is 29.6. The molecule has 3 rings (SSSR count). The number of benzene rings is 2. The Hall–Kier alpha value is -2.54. The number of carbonyl (C=O) groups is 1. The van der Waals surface area contributed by atoms with Crippen molar-refractivity contribution in [3.8, 4) is 5.75 Å². The molecule has 7 heteroatoms. The van der Waals surface area contributed by atoms with E-state index in [9.17, 15) is 13.2 Å². The SMILES string of the molecule is CCN(CC)c1ccc(CN(C(=O)c2ccccc2OC)[C@H]2CCS(=O)(=O)C2)cc1. The van der Waals surface area contributed by atoms with E-state index in [-0.39, 0.29) is 23.5 Å². The van der Waals surface area contributed by atoms with Crippen LogP contribution in [0.25, 0.3) is 0 Å². The largest absolute Gasteiger partial charge is 0.496 e. The van der Waals surface area contributed by atoms with Crippen LogP contribution >= 0.6 is 0 Å². The average molecular weight is 431 g/mol. The molecule has 0 spiro atoms. The van der Waals surface area contributed by atoms with Gasteiger partial charge in [0.05, 0.1) is 24.2 Å². The van der Waals surface area contributed by atoms with E-state index < -0.39 is 9.84 Å². The number of carbonyl (C=O) groups excluding carboxylic acids is 1. The van der Waals surface area contributed by atoms with Gasteiger partial charge in [-0.2, -0.15) is 0 Å². The lowest BCUT2D eigenvalue weighted by atomic mass is 10.1. The summed E-state index contributed by atoms with van der Waals surface area (Å²) in [5, 5.41) is 0. The zero-order chi connectivity index (χ0) is 21.7. The lowest BCUT2D eigenvalue weighted by Crippen LogP contribution is -2.40. The molecule has 2 aromatic rings. The minimum atomic E-state index is -3.12. The van der Waals surface area contributed by atoms with Crippen molar-refractivity contribution >= 4 is 21.4 Å². The van der Waals surface area contributed by atoms with Gasteiger partial charge in [-0.05, 0) is 50.1 Å². The maximum atomic E-state index is 13.4. The number of hydrogen-bond acceptors (Lipinski definition) is 5. The van der Waals surface area contributed by atoms with E-state index in [0.29, 0.717) is 24.3 Å². The second kappa shape index (κ2) is 9.51. The molecule has 1 aliphatic rings. The molecule has 0 radical (unpaired) electrons. The molecule has 0 saturated carbocycles. The Balaban J connectivity index is 1.89. The molecule has 1 saturated heterocycles. The normalized spacial score (nSPS) is 17.5. The summed E-state index contributed by atoms with van der Waals surface area (Å²) in [6, 6.07) is 14.9. The van der Waals surface area contributed by atoms with Gasteiger partial charge < -0.3 is 14.5 Å². The summed E-state index contributed by atoms with van der Waals surface area (Å²) in [4.78, 5) is 17.4. The molecular formula is C23H30N2O4S. The van der Waals surface area contributed by atoms with E-state index in [1.165, 1.54) is 7.11 Å². The summed E-state index contributed by atoms with van der Waals surface area (Å²) in [5.41, 5.74) is 2.55. The molecule has 30 heavy (non-hydrogen) atoms. The van der Waals surface area contributed by atoms with Crippen molar-refractivity contribution < 1.29 is 17.9 Å². The number of anilines is 1. The molecule has 1 fully saturated rings. The average Bonchev–Trinajstić information content (AvgIpc) is 3.12. The first-order chi connectivity index (χ1) is 14.4. The van der Waals surface area contributed by atoms with Crippen molar-refractivity contribution in [2.75, 3.05) is 36.6 Å². The summed E-state index contributed by atoms with van der Waals surface area (Å²) >= 11 is 0. The summed E-state index contributed by atoms with van der Waals surface area (Å²) in [5.74, 6) is 0.410. The number of amides is 1. The van der Waals surface area contributed by atoms with Gasteiger partial charge >= 0.3 is 0 Å². The Kier molecular flexibility index (Phi) is 7.02. The highest BCUT2D eigenvalue weighted by Crippen LogP contribution is 2.26. The molecule has 2 aromatic carbocycles. The number of ether oxygens (including phenoxy) is 1. The van der Waals surface area contributed by atoms with Gasteiger partial charge in [0.1, 0.15) is 5.75 Å². The summed E-state index contributed by atoms with van der Waals surface area (Å²) in [6.07, 6.45) is 0.459. The molecule has 1 heterocycles. The van der Waals surface area contributed by atoms with Crippen LogP contribution in [0.1, 0.15) is 36.2 Å². The van der Waals surface area contributed by atoms with Gasteiger partial charge in [-0.1, -0.05) is 24.3 Å². The van der Waals surface area contributed by atoms with Crippen LogP contribution in [0.5, 0.6) is 5.75 Å². The van der Waals surface area contributed by atoms with Gasteiger partial charge in [-0.15, -0.1) is 0 Å². The Morgan fingerprint density at radius 2 is 1.73 bits per heavy atom. The lowest BCUT2D eigenvalue weighted by molar-refractivity contribution is 0.0677. The second-order valence-electron chi connectivity index (χ2n) is 7.53. The number of methoxy groups -OCH3 is 1. The van der Waals surface area contributed by atoms with Crippen molar-refractivity contribution in [1.29, 1.82) is 0 Å². The fourth-order valence-corrected chi connectivity index (χ4v) is 5.69. The first-order valence-electron chi connectivity index (χ1n) is 10.4. The van der Waals surface area contributed by atoms with Crippen LogP contribution < -0.4 is 9.64 Å².